The molecule has 3 nitrogen and oxygen atoms in total. The van der Waals surface area contributed by atoms with Crippen LogP contribution in [0.2, 0.25) is 0 Å². The number of thioether (sulfide) groups is 1. The first-order valence-corrected chi connectivity index (χ1v) is 4.63. The molecule has 0 rings (SSSR count). The second-order valence-electron chi connectivity index (χ2n) is 3.02. The molecule has 0 bridgehead atoms. The highest BCUT2D eigenvalue weighted by Gasteiger charge is 2.31. The molecule has 0 aromatic rings. The summed E-state index contributed by atoms with van der Waals surface area (Å²) in [5, 5.41) is 8.65. The molecule has 0 aromatic carbocycles. The van der Waals surface area contributed by atoms with E-state index in [2.05, 4.69) is 6.58 Å². The van der Waals surface area contributed by atoms with Gasteiger partial charge in [0.2, 0.25) is 0 Å². The number of aliphatic carboxylic acids is 1. The highest BCUT2D eigenvalue weighted by molar-refractivity contribution is 8.00. The van der Waals surface area contributed by atoms with E-state index in [0.29, 0.717) is 5.75 Å². The van der Waals surface area contributed by atoms with Crippen LogP contribution in [0, 0.1) is 0 Å². The Hall–Kier alpha value is -0.480. The van der Waals surface area contributed by atoms with E-state index in [-0.39, 0.29) is 0 Å². The van der Waals surface area contributed by atoms with E-state index >= 15 is 0 Å². The lowest BCUT2D eigenvalue weighted by molar-refractivity contribution is -0.139. The molecule has 0 saturated carbocycles. The van der Waals surface area contributed by atoms with Gasteiger partial charge in [0.1, 0.15) is 6.04 Å². The van der Waals surface area contributed by atoms with Crippen LogP contribution in [0.5, 0.6) is 0 Å². The zero-order valence-electron chi connectivity index (χ0n) is 7.41. The lowest BCUT2D eigenvalue weighted by atomic mass is 10.1. The Morgan fingerprint density at radius 3 is 2.67 bits per heavy atom. The molecule has 0 aliphatic heterocycles. The van der Waals surface area contributed by atoms with Crippen LogP contribution in [0.15, 0.2) is 12.7 Å². The summed E-state index contributed by atoms with van der Waals surface area (Å²) in [7, 11) is 0. The molecule has 0 heterocycles. The largest absolute Gasteiger partial charge is 0.480 e. The average molecular weight is 189 g/mol. The quantitative estimate of drug-likeness (QED) is 0.636. The lowest BCUT2D eigenvalue weighted by Crippen LogP contribution is -2.46. The van der Waals surface area contributed by atoms with E-state index in [9.17, 15) is 4.79 Å². The normalized spacial score (nSPS) is 13.9. The Bertz CT molecular complexity index is 180. The Morgan fingerprint density at radius 2 is 2.33 bits per heavy atom. The van der Waals surface area contributed by atoms with Crippen LogP contribution >= 0.6 is 11.8 Å². The number of carboxylic acid groups (broad SMARTS) is 1. The van der Waals surface area contributed by atoms with Crippen molar-refractivity contribution in [2.75, 3.05) is 5.75 Å². The van der Waals surface area contributed by atoms with Crippen LogP contribution in [0.3, 0.4) is 0 Å². The molecule has 0 aromatic heterocycles. The number of hydrogen-bond donors (Lipinski definition) is 2. The molecule has 0 aliphatic carbocycles. The molecule has 12 heavy (non-hydrogen) atoms. The minimum Gasteiger partial charge on any atom is -0.480 e. The minimum atomic E-state index is -0.962. The van der Waals surface area contributed by atoms with Gasteiger partial charge in [-0.3, -0.25) is 4.79 Å². The standard InChI is InChI=1S/C8H15NO2S/c1-4-5-12-8(2,3)6(9)7(10)11/h4,6H,1,5,9H2,2-3H3,(H,10,11)/t6-/m1/s1. The van der Waals surface area contributed by atoms with Crippen molar-refractivity contribution in [3.63, 3.8) is 0 Å². The zero-order chi connectivity index (χ0) is 9.78. The summed E-state index contributed by atoms with van der Waals surface area (Å²) in [6, 6.07) is -0.831. The first-order valence-electron chi connectivity index (χ1n) is 3.65. The van der Waals surface area contributed by atoms with Crippen molar-refractivity contribution >= 4 is 17.7 Å². The van der Waals surface area contributed by atoms with Crippen LogP contribution < -0.4 is 5.73 Å². The average Bonchev–Trinajstić information content (AvgIpc) is 1.99. The number of hydrogen-bond acceptors (Lipinski definition) is 3. The van der Waals surface area contributed by atoms with E-state index in [1.807, 2.05) is 13.8 Å². The smallest absolute Gasteiger partial charge is 0.321 e. The predicted molar refractivity (Wildman–Crippen MR) is 52.3 cm³/mol. The van der Waals surface area contributed by atoms with Gasteiger partial charge in [-0.2, -0.15) is 0 Å². The molecule has 0 aliphatic rings. The van der Waals surface area contributed by atoms with E-state index < -0.39 is 16.8 Å². The van der Waals surface area contributed by atoms with Crippen LogP contribution in [0.4, 0.5) is 0 Å². The molecule has 70 valence electrons. The van der Waals surface area contributed by atoms with Gasteiger partial charge in [0, 0.05) is 10.5 Å². The van der Waals surface area contributed by atoms with E-state index in [1.54, 1.807) is 6.08 Å². The van der Waals surface area contributed by atoms with Crippen molar-refractivity contribution in [1.29, 1.82) is 0 Å². The van der Waals surface area contributed by atoms with Crippen LogP contribution in [-0.2, 0) is 4.79 Å². The van der Waals surface area contributed by atoms with E-state index in [0.717, 1.165) is 0 Å². The maximum Gasteiger partial charge on any atom is 0.321 e. The monoisotopic (exact) mass is 189 g/mol. The summed E-state index contributed by atoms with van der Waals surface area (Å²) in [6.07, 6.45) is 1.74. The summed E-state index contributed by atoms with van der Waals surface area (Å²) in [5.41, 5.74) is 5.48. The summed E-state index contributed by atoms with van der Waals surface area (Å²) in [4.78, 5) is 10.5. The van der Waals surface area contributed by atoms with Gasteiger partial charge in [-0.1, -0.05) is 6.08 Å². The molecule has 0 radical (unpaired) electrons. The van der Waals surface area contributed by atoms with Gasteiger partial charge in [-0.25, -0.2) is 0 Å². The third-order valence-electron chi connectivity index (χ3n) is 1.59. The molecule has 4 heteroatoms. The molecule has 0 amide bonds. The van der Waals surface area contributed by atoms with Gasteiger partial charge in [0.05, 0.1) is 0 Å². The lowest BCUT2D eigenvalue weighted by Gasteiger charge is -2.27. The van der Waals surface area contributed by atoms with Crippen molar-refractivity contribution in [2.24, 2.45) is 5.73 Å². The van der Waals surface area contributed by atoms with Crippen LogP contribution in [0.25, 0.3) is 0 Å². The van der Waals surface area contributed by atoms with Gasteiger partial charge in [0.25, 0.3) is 0 Å². The third-order valence-corrected chi connectivity index (χ3v) is 2.99. The van der Waals surface area contributed by atoms with E-state index in [1.165, 1.54) is 11.8 Å². The Morgan fingerprint density at radius 1 is 1.83 bits per heavy atom. The van der Waals surface area contributed by atoms with Crippen molar-refractivity contribution in [2.45, 2.75) is 24.6 Å². The highest BCUT2D eigenvalue weighted by atomic mass is 32.2. The molecule has 0 unspecified atom stereocenters. The van der Waals surface area contributed by atoms with Gasteiger partial charge in [0.15, 0.2) is 0 Å². The fourth-order valence-electron chi connectivity index (χ4n) is 0.661. The molecular formula is C8H15NO2S. The fraction of sp³-hybridized carbons (Fsp3) is 0.625. The summed E-state index contributed by atoms with van der Waals surface area (Å²) in [6.45, 7) is 7.20. The molecular weight excluding hydrogens is 174 g/mol. The van der Waals surface area contributed by atoms with Crippen molar-refractivity contribution in [3.8, 4) is 0 Å². The van der Waals surface area contributed by atoms with Crippen LogP contribution in [0.1, 0.15) is 13.8 Å². The second-order valence-corrected chi connectivity index (χ2v) is 4.69. The highest BCUT2D eigenvalue weighted by Crippen LogP contribution is 2.27. The predicted octanol–water partition coefficient (Wildman–Crippen LogP) is 1.10. The van der Waals surface area contributed by atoms with Gasteiger partial charge in [-0.05, 0) is 13.8 Å². The van der Waals surface area contributed by atoms with Gasteiger partial charge >= 0.3 is 5.97 Å². The summed E-state index contributed by atoms with van der Waals surface area (Å²) >= 11 is 1.49. The molecule has 0 spiro atoms. The Labute approximate surface area is 77.0 Å². The zero-order valence-corrected chi connectivity index (χ0v) is 8.23. The number of nitrogens with two attached hydrogens (primary N) is 1. The van der Waals surface area contributed by atoms with Gasteiger partial charge < -0.3 is 10.8 Å². The van der Waals surface area contributed by atoms with Gasteiger partial charge in [-0.15, -0.1) is 18.3 Å². The Kier molecular flexibility index (Phi) is 4.34. The van der Waals surface area contributed by atoms with Crippen molar-refractivity contribution in [3.05, 3.63) is 12.7 Å². The maximum absolute atomic E-state index is 10.5. The first kappa shape index (κ1) is 11.5. The Balaban J connectivity index is 4.17. The number of carbonyl (C=O) groups is 1. The topological polar surface area (TPSA) is 63.3 Å². The number of carboxylic acids is 1. The van der Waals surface area contributed by atoms with E-state index in [4.69, 9.17) is 10.8 Å². The van der Waals surface area contributed by atoms with Crippen LogP contribution in [-0.4, -0.2) is 27.6 Å². The first-order chi connectivity index (χ1) is 5.41. The number of rotatable bonds is 5. The minimum absolute atomic E-state index is 0.444. The third kappa shape index (κ3) is 3.28. The molecule has 0 saturated heterocycles. The maximum atomic E-state index is 10.5. The summed E-state index contributed by atoms with van der Waals surface area (Å²) in [5.74, 6) is -0.245. The second kappa shape index (κ2) is 4.52. The molecule has 0 fully saturated rings. The SMILES string of the molecule is C=CCSC(C)(C)[C@H](N)C(=O)O. The molecule has 1 atom stereocenters. The summed E-state index contributed by atoms with van der Waals surface area (Å²) < 4.78 is -0.444. The van der Waals surface area contributed by atoms with Crippen molar-refractivity contribution < 1.29 is 9.90 Å². The molecule has 3 N–H and O–H groups in total. The van der Waals surface area contributed by atoms with Crippen molar-refractivity contribution in [1.82, 2.24) is 0 Å². The fourth-order valence-corrected chi connectivity index (χ4v) is 1.49.